The first-order valence-corrected chi connectivity index (χ1v) is 6.10. The van der Waals surface area contributed by atoms with E-state index < -0.39 is 0 Å². The highest BCUT2D eigenvalue weighted by molar-refractivity contribution is 7.98. The van der Waals surface area contributed by atoms with E-state index in [1.54, 1.807) is 13.8 Å². The van der Waals surface area contributed by atoms with Gasteiger partial charge in [-0.3, -0.25) is 9.59 Å². The topological polar surface area (TPSA) is 72.0 Å². The van der Waals surface area contributed by atoms with Crippen molar-refractivity contribution in [3.63, 3.8) is 0 Å². The maximum absolute atomic E-state index is 11.5. The van der Waals surface area contributed by atoms with Crippen molar-refractivity contribution in [3.8, 4) is 0 Å². The van der Waals surface area contributed by atoms with Gasteiger partial charge in [0.05, 0.1) is 18.7 Å². The molecule has 1 aromatic rings. The van der Waals surface area contributed by atoms with Crippen LogP contribution in [0, 0.1) is 6.92 Å². The van der Waals surface area contributed by atoms with Crippen molar-refractivity contribution in [2.75, 3.05) is 12.9 Å². The number of hydrogen-bond acceptors (Lipinski definition) is 5. The van der Waals surface area contributed by atoms with E-state index in [9.17, 15) is 9.59 Å². The zero-order valence-electron chi connectivity index (χ0n) is 9.49. The van der Waals surface area contributed by atoms with Crippen LogP contribution in [0.25, 0.3) is 0 Å². The van der Waals surface area contributed by atoms with Crippen molar-refractivity contribution >= 4 is 17.7 Å². The van der Waals surface area contributed by atoms with E-state index in [1.165, 1.54) is 11.8 Å². The molecule has 0 fully saturated rings. The van der Waals surface area contributed by atoms with E-state index in [1.807, 2.05) is 6.26 Å². The average Bonchev–Trinajstić information content (AvgIpc) is 2.24. The van der Waals surface area contributed by atoms with E-state index in [0.29, 0.717) is 23.0 Å². The monoisotopic (exact) mass is 242 g/mol. The zero-order valence-corrected chi connectivity index (χ0v) is 10.3. The van der Waals surface area contributed by atoms with Crippen LogP contribution >= 0.6 is 11.8 Å². The van der Waals surface area contributed by atoms with E-state index in [0.717, 1.165) is 0 Å². The lowest BCUT2D eigenvalue weighted by molar-refractivity contribution is -0.142. The van der Waals surface area contributed by atoms with Gasteiger partial charge in [0.15, 0.2) is 5.16 Å². The Bertz CT molecular complexity index is 442. The van der Waals surface area contributed by atoms with Crippen molar-refractivity contribution in [2.24, 2.45) is 0 Å². The molecular formula is C10H14N2O3S. The minimum Gasteiger partial charge on any atom is -0.466 e. The molecule has 0 aliphatic rings. The molecule has 1 aromatic heterocycles. The molecule has 0 bridgehead atoms. The predicted molar refractivity (Wildman–Crippen MR) is 61.7 cm³/mol. The van der Waals surface area contributed by atoms with E-state index in [2.05, 4.69) is 9.97 Å². The van der Waals surface area contributed by atoms with Crippen LogP contribution < -0.4 is 5.56 Å². The third-order valence-corrected chi connectivity index (χ3v) is 2.62. The van der Waals surface area contributed by atoms with Crippen LogP contribution in [-0.4, -0.2) is 28.8 Å². The number of ether oxygens (including phenoxy) is 1. The molecule has 1 rings (SSSR count). The molecule has 0 aliphatic heterocycles. The second-order valence-corrected chi connectivity index (χ2v) is 3.92. The SMILES string of the molecule is CCOC(=O)Cc1nc(SC)[nH]c(=O)c1C. The van der Waals surface area contributed by atoms with Crippen molar-refractivity contribution in [2.45, 2.75) is 25.4 Å². The molecule has 0 spiro atoms. The lowest BCUT2D eigenvalue weighted by atomic mass is 10.2. The number of rotatable bonds is 4. The summed E-state index contributed by atoms with van der Waals surface area (Å²) >= 11 is 1.33. The second kappa shape index (κ2) is 5.69. The van der Waals surface area contributed by atoms with Gasteiger partial charge in [-0.1, -0.05) is 11.8 Å². The lowest BCUT2D eigenvalue weighted by Crippen LogP contribution is -2.19. The summed E-state index contributed by atoms with van der Waals surface area (Å²) < 4.78 is 4.82. The number of hydrogen-bond donors (Lipinski definition) is 1. The molecule has 5 nitrogen and oxygen atoms in total. The number of esters is 1. The molecule has 0 amide bonds. The normalized spacial score (nSPS) is 10.2. The summed E-state index contributed by atoms with van der Waals surface area (Å²) in [4.78, 5) is 29.6. The highest BCUT2D eigenvalue weighted by Crippen LogP contribution is 2.09. The predicted octanol–water partition coefficient (Wildman–Crippen LogP) is 0.906. The van der Waals surface area contributed by atoms with Crippen LogP contribution in [0.15, 0.2) is 9.95 Å². The quantitative estimate of drug-likeness (QED) is 0.482. The number of H-pyrrole nitrogens is 1. The Morgan fingerprint density at radius 1 is 1.56 bits per heavy atom. The van der Waals surface area contributed by atoms with Crippen molar-refractivity contribution in [1.29, 1.82) is 0 Å². The fraction of sp³-hybridized carbons (Fsp3) is 0.500. The van der Waals surface area contributed by atoms with Crippen molar-refractivity contribution in [1.82, 2.24) is 9.97 Å². The molecule has 0 aromatic carbocycles. The summed E-state index contributed by atoms with van der Waals surface area (Å²) in [5, 5.41) is 0.509. The van der Waals surface area contributed by atoms with Gasteiger partial charge in [-0.25, -0.2) is 4.98 Å². The summed E-state index contributed by atoms with van der Waals surface area (Å²) in [5.74, 6) is -0.365. The molecule has 0 aliphatic carbocycles. The van der Waals surface area contributed by atoms with Gasteiger partial charge in [-0.05, 0) is 20.1 Å². The third kappa shape index (κ3) is 3.10. The number of nitrogens with zero attached hydrogens (tertiary/aromatic N) is 1. The van der Waals surface area contributed by atoms with Gasteiger partial charge in [0.2, 0.25) is 0 Å². The van der Waals surface area contributed by atoms with Crippen LogP contribution in [0.1, 0.15) is 18.2 Å². The zero-order chi connectivity index (χ0) is 12.1. The van der Waals surface area contributed by atoms with Crippen LogP contribution in [0.2, 0.25) is 0 Å². The minimum absolute atomic E-state index is 0.0388. The number of carbonyl (C=O) groups excluding carboxylic acids is 1. The van der Waals surface area contributed by atoms with Crippen molar-refractivity contribution in [3.05, 3.63) is 21.6 Å². The van der Waals surface area contributed by atoms with E-state index >= 15 is 0 Å². The molecule has 88 valence electrons. The Morgan fingerprint density at radius 2 is 2.25 bits per heavy atom. The standard InChI is InChI=1S/C10H14N2O3S/c1-4-15-8(13)5-7-6(2)9(14)12-10(11-7)16-3/h4-5H2,1-3H3,(H,11,12,14). The number of aromatic amines is 1. The summed E-state index contributed by atoms with van der Waals surface area (Å²) in [6.07, 6.45) is 1.85. The number of thioether (sulfide) groups is 1. The van der Waals surface area contributed by atoms with E-state index in [4.69, 9.17) is 4.74 Å². The number of carbonyl (C=O) groups is 1. The molecule has 1 heterocycles. The van der Waals surface area contributed by atoms with Gasteiger partial charge in [0, 0.05) is 5.56 Å². The smallest absolute Gasteiger partial charge is 0.311 e. The molecular weight excluding hydrogens is 228 g/mol. The fourth-order valence-corrected chi connectivity index (χ4v) is 1.57. The molecule has 0 unspecified atom stereocenters. The molecule has 6 heteroatoms. The Balaban J connectivity index is 2.99. The molecule has 0 saturated heterocycles. The van der Waals surface area contributed by atoms with Gasteiger partial charge >= 0.3 is 5.97 Å². The van der Waals surface area contributed by atoms with Crippen LogP contribution in [0.5, 0.6) is 0 Å². The molecule has 0 saturated carbocycles. The Labute approximate surface area is 97.6 Å². The maximum atomic E-state index is 11.5. The largest absolute Gasteiger partial charge is 0.466 e. The molecule has 16 heavy (non-hydrogen) atoms. The van der Waals surface area contributed by atoms with Gasteiger partial charge in [-0.15, -0.1) is 0 Å². The first-order valence-electron chi connectivity index (χ1n) is 4.87. The fourth-order valence-electron chi connectivity index (χ4n) is 1.17. The second-order valence-electron chi connectivity index (χ2n) is 3.13. The lowest BCUT2D eigenvalue weighted by Gasteiger charge is -2.05. The molecule has 0 radical (unpaired) electrons. The highest BCUT2D eigenvalue weighted by Gasteiger charge is 2.12. The van der Waals surface area contributed by atoms with Gasteiger partial charge in [0.25, 0.3) is 5.56 Å². The summed E-state index contributed by atoms with van der Waals surface area (Å²) in [6.45, 7) is 3.71. The summed E-state index contributed by atoms with van der Waals surface area (Å²) in [7, 11) is 0. The first-order chi connectivity index (χ1) is 7.58. The molecule has 1 N–H and O–H groups in total. The van der Waals surface area contributed by atoms with E-state index in [-0.39, 0.29) is 17.9 Å². The molecule has 0 atom stereocenters. The van der Waals surface area contributed by atoms with Crippen LogP contribution in [0.3, 0.4) is 0 Å². The van der Waals surface area contributed by atoms with Crippen LogP contribution in [-0.2, 0) is 16.0 Å². The van der Waals surface area contributed by atoms with Gasteiger partial charge < -0.3 is 9.72 Å². The summed E-state index contributed by atoms with van der Waals surface area (Å²) in [6, 6.07) is 0. The number of nitrogens with one attached hydrogen (secondary N) is 1. The maximum Gasteiger partial charge on any atom is 0.311 e. The Kier molecular flexibility index (Phi) is 4.54. The van der Waals surface area contributed by atoms with Gasteiger partial charge in [0.1, 0.15) is 0 Å². The van der Waals surface area contributed by atoms with Gasteiger partial charge in [-0.2, -0.15) is 0 Å². The first kappa shape index (κ1) is 12.8. The summed E-state index contributed by atoms with van der Waals surface area (Å²) in [5.41, 5.74) is 0.732. The Hall–Kier alpha value is -1.30. The van der Waals surface area contributed by atoms with Crippen molar-refractivity contribution < 1.29 is 9.53 Å². The number of aromatic nitrogens is 2. The average molecular weight is 242 g/mol. The highest BCUT2D eigenvalue weighted by atomic mass is 32.2. The third-order valence-electron chi connectivity index (χ3n) is 2.04. The Morgan fingerprint density at radius 3 is 2.81 bits per heavy atom. The minimum atomic E-state index is -0.365. The van der Waals surface area contributed by atoms with Crippen LogP contribution in [0.4, 0.5) is 0 Å².